The van der Waals surface area contributed by atoms with Gasteiger partial charge in [-0.15, -0.1) is 0 Å². The zero-order chi connectivity index (χ0) is 11.2. The molecule has 3 N–H and O–H groups in total. The van der Waals surface area contributed by atoms with E-state index in [-0.39, 0.29) is 24.5 Å². The highest BCUT2D eigenvalue weighted by Crippen LogP contribution is 1.92. The van der Waals surface area contributed by atoms with Gasteiger partial charge in [0, 0.05) is 6.54 Å². The molecule has 2 unspecified atom stereocenters. The summed E-state index contributed by atoms with van der Waals surface area (Å²) >= 11 is -1.95. The Morgan fingerprint density at radius 3 is 2.50 bits per heavy atom. The number of hydrogen-bond donors (Lipinski definition) is 3. The molecule has 0 amide bonds. The molecule has 0 bridgehead atoms. The monoisotopic (exact) mass is 245 g/mol. The van der Waals surface area contributed by atoms with Crippen LogP contribution in [0.1, 0.15) is 13.3 Å². The summed E-state index contributed by atoms with van der Waals surface area (Å²) in [6.45, 7) is 1.43. The second-order valence-electron chi connectivity index (χ2n) is 2.90. The third-order valence-electron chi connectivity index (χ3n) is 1.33. The molecule has 0 saturated heterocycles. The quantitative estimate of drug-likeness (QED) is 0.494. The molecule has 0 aliphatic heterocycles. The molecular formula is C6H15NO5S2. The van der Waals surface area contributed by atoms with Gasteiger partial charge in [-0.05, 0) is 13.3 Å². The van der Waals surface area contributed by atoms with E-state index in [2.05, 4.69) is 4.72 Å². The Morgan fingerprint density at radius 2 is 2.07 bits per heavy atom. The molecule has 0 rings (SSSR count). The van der Waals surface area contributed by atoms with Crippen molar-refractivity contribution < 1.29 is 22.3 Å². The van der Waals surface area contributed by atoms with Gasteiger partial charge in [0.2, 0.25) is 10.0 Å². The van der Waals surface area contributed by atoms with Crippen LogP contribution in [0.25, 0.3) is 0 Å². The van der Waals surface area contributed by atoms with Gasteiger partial charge < -0.3 is 9.66 Å². The largest absolute Gasteiger partial charge is 0.392 e. The number of aliphatic hydroxyl groups excluding tert-OH is 1. The number of hydrogen-bond acceptors (Lipinski definition) is 4. The maximum atomic E-state index is 11.1. The Kier molecular flexibility index (Phi) is 6.45. The molecule has 86 valence electrons. The molecule has 0 aromatic rings. The summed E-state index contributed by atoms with van der Waals surface area (Å²) in [6, 6.07) is 0. The van der Waals surface area contributed by atoms with Crippen LogP contribution >= 0.6 is 0 Å². The summed E-state index contributed by atoms with van der Waals surface area (Å²) in [5.41, 5.74) is 0. The molecule has 0 saturated carbocycles. The van der Waals surface area contributed by atoms with Crippen molar-refractivity contribution >= 4 is 21.1 Å². The van der Waals surface area contributed by atoms with Gasteiger partial charge in [-0.2, -0.15) is 0 Å². The molecule has 0 fully saturated rings. The first-order valence-electron chi connectivity index (χ1n) is 4.06. The molecule has 0 aliphatic carbocycles. The third-order valence-corrected chi connectivity index (χ3v) is 3.40. The van der Waals surface area contributed by atoms with Gasteiger partial charge >= 0.3 is 0 Å². The van der Waals surface area contributed by atoms with Crippen molar-refractivity contribution in [2.75, 3.05) is 18.1 Å². The zero-order valence-electron chi connectivity index (χ0n) is 7.84. The predicted octanol–water partition coefficient (Wildman–Crippen LogP) is -1.10. The minimum absolute atomic E-state index is 0.0372. The molecule has 0 aromatic heterocycles. The first kappa shape index (κ1) is 14.0. The van der Waals surface area contributed by atoms with Crippen LogP contribution in [0.15, 0.2) is 0 Å². The minimum Gasteiger partial charge on any atom is -0.392 e. The second kappa shape index (κ2) is 6.46. The molecule has 2 atom stereocenters. The van der Waals surface area contributed by atoms with E-state index in [1.807, 2.05) is 0 Å². The average Bonchev–Trinajstić information content (AvgIpc) is 2.00. The van der Waals surface area contributed by atoms with Crippen LogP contribution in [0.5, 0.6) is 0 Å². The van der Waals surface area contributed by atoms with Gasteiger partial charge in [0.25, 0.3) is 0 Å². The van der Waals surface area contributed by atoms with E-state index in [1.54, 1.807) is 0 Å². The fourth-order valence-electron chi connectivity index (χ4n) is 0.692. The van der Waals surface area contributed by atoms with Crippen LogP contribution in [-0.2, 0) is 21.1 Å². The van der Waals surface area contributed by atoms with E-state index >= 15 is 0 Å². The second-order valence-corrected chi connectivity index (χ2v) is 5.87. The van der Waals surface area contributed by atoms with E-state index in [1.165, 1.54) is 6.92 Å². The maximum Gasteiger partial charge on any atom is 0.211 e. The van der Waals surface area contributed by atoms with Crippen LogP contribution in [-0.4, -0.2) is 46.4 Å². The van der Waals surface area contributed by atoms with E-state index in [0.717, 1.165) is 0 Å². The minimum atomic E-state index is -3.43. The van der Waals surface area contributed by atoms with Gasteiger partial charge in [-0.25, -0.2) is 17.3 Å². The fraction of sp³-hybridized carbons (Fsp3) is 1.00. The topological polar surface area (TPSA) is 104 Å². The van der Waals surface area contributed by atoms with E-state index in [0.29, 0.717) is 0 Å². The molecule has 0 aliphatic rings. The van der Waals surface area contributed by atoms with Crippen molar-refractivity contribution in [3.8, 4) is 0 Å². The van der Waals surface area contributed by atoms with Crippen LogP contribution in [0.3, 0.4) is 0 Å². The van der Waals surface area contributed by atoms with Crippen LogP contribution < -0.4 is 4.72 Å². The van der Waals surface area contributed by atoms with E-state index in [9.17, 15) is 12.6 Å². The molecule has 8 heteroatoms. The Hall–Kier alpha value is -0.0200. The van der Waals surface area contributed by atoms with E-state index in [4.69, 9.17) is 9.66 Å². The summed E-state index contributed by atoms with van der Waals surface area (Å²) < 4.78 is 43.0. The molecule has 0 aromatic carbocycles. The van der Waals surface area contributed by atoms with Gasteiger partial charge in [0.15, 0.2) is 11.1 Å². The Morgan fingerprint density at radius 1 is 1.50 bits per heavy atom. The molecule has 0 spiro atoms. The SMILES string of the molecule is CC(O)CNS(=O)(=O)CCCS(=O)O. The summed E-state index contributed by atoms with van der Waals surface area (Å²) in [5.74, 6) is -0.262. The van der Waals surface area contributed by atoms with Crippen LogP contribution in [0.2, 0.25) is 0 Å². The molecule has 6 nitrogen and oxygen atoms in total. The number of sulfonamides is 1. The normalized spacial score (nSPS) is 16.5. The maximum absolute atomic E-state index is 11.1. The van der Waals surface area contributed by atoms with Gasteiger partial charge in [0.05, 0.1) is 17.6 Å². The molecule has 0 heterocycles. The third kappa shape index (κ3) is 8.57. The van der Waals surface area contributed by atoms with Gasteiger partial charge in [0.1, 0.15) is 0 Å². The Balaban J connectivity index is 3.79. The van der Waals surface area contributed by atoms with Gasteiger partial charge in [-0.1, -0.05) is 0 Å². The van der Waals surface area contributed by atoms with Crippen LogP contribution in [0, 0.1) is 0 Å². The molecule has 14 heavy (non-hydrogen) atoms. The number of aliphatic hydroxyl groups is 1. The lowest BCUT2D eigenvalue weighted by Gasteiger charge is -2.07. The van der Waals surface area contributed by atoms with Gasteiger partial charge in [-0.3, -0.25) is 0 Å². The highest BCUT2D eigenvalue weighted by atomic mass is 32.2. The summed E-state index contributed by atoms with van der Waals surface area (Å²) in [6.07, 6.45) is -0.616. The number of rotatable bonds is 7. The van der Waals surface area contributed by atoms with Crippen molar-refractivity contribution in [3.63, 3.8) is 0 Å². The van der Waals surface area contributed by atoms with Crippen LogP contribution in [0.4, 0.5) is 0 Å². The fourth-order valence-corrected chi connectivity index (χ4v) is 2.43. The highest BCUT2D eigenvalue weighted by Gasteiger charge is 2.10. The van der Waals surface area contributed by atoms with Crippen molar-refractivity contribution in [2.45, 2.75) is 19.4 Å². The number of nitrogens with one attached hydrogen (secondary N) is 1. The van der Waals surface area contributed by atoms with Crippen molar-refractivity contribution in [1.82, 2.24) is 4.72 Å². The Bertz CT molecular complexity index is 274. The first-order valence-corrected chi connectivity index (χ1v) is 6.99. The molecule has 0 radical (unpaired) electrons. The van der Waals surface area contributed by atoms with Crippen molar-refractivity contribution in [3.05, 3.63) is 0 Å². The lowest BCUT2D eigenvalue weighted by Crippen LogP contribution is -2.32. The smallest absolute Gasteiger partial charge is 0.211 e. The standard InChI is InChI=1S/C6H15NO5S2/c1-6(8)5-7-14(11,12)4-2-3-13(9)10/h6-8H,2-5H2,1H3,(H,9,10). The van der Waals surface area contributed by atoms with Crippen molar-refractivity contribution in [1.29, 1.82) is 0 Å². The summed E-state index contributed by atoms with van der Waals surface area (Å²) in [5, 5.41) is 8.81. The zero-order valence-corrected chi connectivity index (χ0v) is 9.47. The van der Waals surface area contributed by atoms with Crippen molar-refractivity contribution in [2.24, 2.45) is 0 Å². The Labute approximate surface area is 86.0 Å². The first-order chi connectivity index (χ1) is 6.33. The summed E-state index contributed by atoms with van der Waals surface area (Å²) in [7, 11) is -3.43. The predicted molar refractivity (Wildman–Crippen MR) is 53.7 cm³/mol. The summed E-state index contributed by atoms with van der Waals surface area (Å²) in [4.78, 5) is 0. The lowest BCUT2D eigenvalue weighted by atomic mass is 10.4. The van der Waals surface area contributed by atoms with E-state index < -0.39 is 27.2 Å². The lowest BCUT2D eigenvalue weighted by molar-refractivity contribution is 0.198. The molecular weight excluding hydrogens is 230 g/mol. The average molecular weight is 245 g/mol. The highest BCUT2D eigenvalue weighted by molar-refractivity contribution is 7.89.